The van der Waals surface area contributed by atoms with Crippen molar-refractivity contribution in [2.45, 2.75) is 91.0 Å². The zero-order valence-electron chi connectivity index (χ0n) is 26.7. The lowest BCUT2D eigenvalue weighted by Crippen LogP contribution is -2.54. The molecule has 0 aliphatic carbocycles. The van der Waals surface area contributed by atoms with Crippen molar-refractivity contribution in [1.29, 1.82) is 0 Å². The molecule has 0 radical (unpaired) electrons. The van der Waals surface area contributed by atoms with Gasteiger partial charge in [0.05, 0.1) is 19.3 Å². The molecule has 1 aromatic heterocycles. The third kappa shape index (κ3) is 7.81. The highest BCUT2D eigenvalue weighted by atomic mass is 16.6. The summed E-state index contributed by atoms with van der Waals surface area (Å²) in [6.45, 7) is 12.9. The van der Waals surface area contributed by atoms with Gasteiger partial charge < -0.3 is 24.0 Å². The number of fused-ring (bicyclic) bond motifs is 1. The van der Waals surface area contributed by atoms with Crippen LogP contribution in [0.2, 0.25) is 0 Å². The molecule has 0 N–H and O–H groups in total. The number of pyridine rings is 1. The minimum atomic E-state index is -0.658. The van der Waals surface area contributed by atoms with E-state index in [2.05, 4.69) is 23.2 Å². The van der Waals surface area contributed by atoms with Gasteiger partial charge in [-0.05, 0) is 95.0 Å². The molecule has 0 spiro atoms. The summed E-state index contributed by atoms with van der Waals surface area (Å²) in [5.41, 5.74) is 3.34. The Labute approximate surface area is 260 Å². The summed E-state index contributed by atoms with van der Waals surface area (Å²) in [5.74, 6) is 0.920. The Kier molecular flexibility index (Phi) is 9.65. The number of aromatic nitrogens is 1. The molecular formula is C34H46N4O6. The van der Waals surface area contributed by atoms with Crippen LogP contribution in [-0.2, 0) is 27.2 Å². The average molecular weight is 607 g/mol. The number of ether oxygens (including phenoxy) is 3. The number of hydrogen-bond acceptors (Lipinski definition) is 7. The van der Waals surface area contributed by atoms with Gasteiger partial charge in [0.25, 0.3) is 0 Å². The minimum absolute atomic E-state index is 0.00191. The van der Waals surface area contributed by atoms with Crippen molar-refractivity contribution in [1.82, 2.24) is 19.7 Å². The third-order valence-electron chi connectivity index (χ3n) is 8.41. The summed E-state index contributed by atoms with van der Waals surface area (Å²) in [7, 11) is 0. The standard InChI is InChI=1S/C34H46N4O6/c1-23(2)43-32(40)37-16-12-24(13-17-37)22-42-30-11-10-27(20-35-30)25-8-9-26-19-29(31(39)36-14-6-7-15-36)38(21-28(26)18-25)33(41)44-34(3,4)5/h8-11,18,20,23-24,29H,6-7,12-17,19,21-22H2,1-5H3/t29-/m0/s1. The molecule has 2 saturated heterocycles. The number of rotatable bonds is 6. The van der Waals surface area contributed by atoms with E-state index in [1.807, 2.05) is 51.7 Å². The van der Waals surface area contributed by atoms with Crippen molar-refractivity contribution in [2.75, 3.05) is 32.8 Å². The maximum atomic E-state index is 13.5. The average Bonchev–Trinajstić information content (AvgIpc) is 3.53. The molecular weight excluding hydrogens is 560 g/mol. The molecule has 44 heavy (non-hydrogen) atoms. The fourth-order valence-corrected chi connectivity index (χ4v) is 6.04. The van der Waals surface area contributed by atoms with Gasteiger partial charge in [-0.1, -0.05) is 12.1 Å². The second kappa shape index (κ2) is 13.4. The lowest BCUT2D eigenvalue weighted by atomic mass is 9.91. The van der Waals surface area contributed by atoms with Crippen molar-refractivity contribution in [2.24, 2.45) is 5.92 Å². The summed E-state index contributed by atoms with van der Waals surface area (Å²) in [6, 6.07) is 9.49. The summed E-state index contributed by atoms with van der Waals surface area (Å²) < 4.78 is 17.0. The number of likely N-dealkylation sites (tertiary alicyclic amines) is 2. The predicted molar refractivity (Wildman–Crippen MR) is 166 cm³/mol. The molecule has 1 atom stereocenters. The number of benzene rings is 1. The van der Waals surface area contributed by atoms with E-state index in [-0.39, 0.29) is 18.1 Å². The quantitative estimate of drug-likeness (QED) is 0.418. The van der Waals surface area contributed by atoms with Crippen LogP contribution < -0.4 is 4.74 Å². The first-order chi connectivity index (χ1) is 21.0. The summed E-state index contributed by atoms with van der Waals surface area (Å²) in [4.78, 5) is 48.7. The van der Waals surface area contributed by atoms with Gasteiger partial charge in [-0.15, -0.1) is 0 Å². The Morgan fingerprint density at radius 2 is 1.61 bits per heavy atom. The fraction of sp³-hybridized carbons (Fsp3) is 0.588. The van der Waals surface area contributed by atoms with Gasteiger partial charge in [-0.2, -0.15) is 0 Å². The normalized spacial score (nSPS) is 19.1. The number of hydrogen-bond donors (Lipinski definition) is 0. The Morgan fingerprint density at radius 3 is 2.25 bits per heavy atom. The topological polar surface area (TPSA) is 102 Å². The summed E-state index contributed by atoms with van der Waals surface area (Å²) in [5, 5.41) is 0. The number of piperidine rings is 1. The number of amides is 3. The highest BCUT2D eigenvalue weighted by Gasteiger charge is 2.39. The van der Waals surface area contributed by atoms with Crippen LogP contribution >= 0.6 is 0 Å². The molecule has 1 aromatic carbocycles. The van der Waals surface area contributed by atoms with Crippen molar-refractivity contribution in [3.8, 4) is 17.0 Å². The maximum absolute atomic E-state index is 13.5. The fourth-order valence-electron chi connectivity index (χ4n) is 6.04. The lowest BCUT2D eigenvalue weighted by molar-refractivity contribution is -0.136. The molecule has 2 fully saturated rings. The molecule has 2 aromatic rings. The molecule has 10 nitrogen and oxygen atoms in total. The summed E-state index contributed by atoms with van der Waals surface area (Å²) in [6.07, 6.45) is 5.17. The van der Waals surface area contributed by atoms with Crippen LogP contribution in [0.1, 0.15) is 71.4 Å². The predicted octanol–water partition coefficient (Wildman–Crippen LogP) is 5.67. The number of nitrogens with zero attached hydrogens (tertiary/aromatic N) is 4. The van der Waals surface area contributed by atoms with E-state index in [0.29, 0.717) is 44.5 Å². The first kappa shape index (κ1) is 31.6. The van der Waals surface area contributed by atoms with Gasteiger partial charge in [0.1, 0.15) is 11.6 Å². The highest BCUT2D eigenvalue weighted by molar-refractivity contribution is 5.87. The molecule has 10 heteroatoms. The van der Waals surface area contributed by atoms with Crippen LogP contribution in [0, 0.1) is 5.92 Å². The van der Waals surface area contributed by atoms with E-state index >= 15 is 0 Å². The minimum Gasteiger partial charge on any atom is -0.477 e. The van der Waals surface area contributed by atoms with E-state index in [4.69, 9.17) is 14.2 Å². The Hall–Kier alpha value is -3.82. The van der Waals surface area contributed by atoms with Crippen molar-refractivity contribution >= 4 is 18.1 Å². The Morgan fingerprint density at radius 1 is 0.909 bits per heavy atom. The largest absolute Gasteiger partial charge is 0.477 e. The Bertz CT molecular complexity index is 1320. The van der Waals surface area contributed by atoms with Crippen LogP contribution in [0.4, 0.5) is 9.59 Å². The molecule has 0 bridgehead atoms. The van der Waals surface area contributed by atoms with Gasteiger partial charge in [0, 0.05) is 50.4 Å². The van der Waals surface area contributed by atoms with E-state index in [1.54, 1.807) is 16.0 Å². The van der Waals surface area contributed by atoms with E-state index in [0.717, 1.165) is 61.0 Å². The Balaban J connectivity index is 1.22. The van der Waals surface area contributed by atoms with Gasteiger partial charge in [-0.3, -0.25) is 9.69 Å². The second-order valence-electron chi connectivity index (χ2n) is 13.4. The molecule has 0 saturated carbocycles. The van der Waals surface area contributed by atoms with E-state index in [1.165, 1.54) is 0 Å². The van der Waals surface area contributed by atoms with Crippen LogP contribution in [-0.4, -0.2) is 88.3 Å². The van der Waals surface area contributed by atoms with Crippen LogP contribution in [0.15, 0.2) is 36.5 Å². The van der Waals surface area contributed by atoms with Crippen molar-refractivity contribution in [3.05, 3.63) is 47.7 Å². The van der Waals surface area contributed by atoms with Gasteiger partial charge in [-0.25, -0.2) is 14.6 Å². The van der Waals surface area contributed by atoms with Crippen molar-refractivity contribution < 1.29 is 28.6 Å². The van der Waals surface area contributed by atoms with Gasteiger partial charge >= 0.3 is 12.2 Å². The highest BCUT2D eigenvalue weighted by Crippen LogP contribution is 2.31. The molecule has 3 aliphatic rings. The van der Waals surface area contributed by atoms with Crippen LogP contribution in [0.3, 0.4) is 0 Å². The number of carbonyl (C=O) groups is 3. The van der Waals surface area contributed by atoms with E-state index in [9.17, 15) is 14.4 Å². The first-order valence-electron chi connectivity index (χ1n) is 15.9. The number of carbonyl (C=O) groups excluding carboxylic acids is 3. The van der Waals surface area contributed by atoms with Gasteiger partial charge in [0.2, 0.25) is 11.8 Å². The molecule has 0 unspecified atom stereocenters. The molecule has 3 aliphatic heterocycles. The molecule has 5 rings (SSSR count). The summed E-state index contributed by atoms with van der Waals surface area (Å²) >= 11 is 0. The SMILES string of the molecule is CC(C)OC(=O)N1CCC(COc2ccc(-c3ccc4c(c3)CN(C(=O)OC(C)(C)C)[C@H](C(=O)N3CCCC3)C4)cn2)CC1. The zero-order chi connectivity index (χ0) is 31.4. The molecule has 3 amide bonds. The van der Waals surface area contributed by atoms with Crippen molar-refractivity contribution in [3.63, 3.8) is 0 Å². The van der Waals surface area contributed by atoms with Gasteiger partial charge in [0.15, 0.2) is 0 Å². The lowest BCUT2D eigenvalue weighted by Gasteiger charge is -2.38. The van der Waals surface area contributed by atoms with Crippen LogP contribution in [0.25, 0.3) is 11.1 Å². The molecule has 4 heterocycles. The first-order valence-corrected chi connectivity index (χ1v) is 15.9. The second-order valence-corrected chi connectivity index (χ2v) is 13.4. The smallest absolute Gasteiger partial charge is 0.411 e. The molecule has 238 valence electrons. The van der Waals surface area contributed by atoms with Crippen LogP contribution in [0.5, 0.6) is 5.88 Å². The zero-order valence-corrected chi connectivity index (χ0v) is 26.7. The monoisotopic (exact) mass is 606 g/mol. The maximum Gasteiger partial charge on any atom is 0.411 e. The van der Waals surface area contributed by atoms with E-state index < -0.39 is 17.7 Å². The third-order valence-corrected chi connectivity index (χ3v) is 8.41.